The minimum Gasteiger partial charge on any atom is -0.326 e. The van der Waals surface area contributed by atoms with Gasteiger partial charge >= 0.3 is 0 Å². The molecule has 0 aliphatic carbocycles. The molecule has 6 heteroatoms. The first kappa shape index (κ1) is 18.8. The van der Waals surface area contributed by atoms with E-state index in [4.69, 9.17) is 0 Å². The second-order valence-corrected chi connectivity index (χ2v) is 7.27. The highest BCUT2D eigenvalue weighted by Crippen LogP contribution is 2.15. The van der Waals surface area contributed by atoms with E-state index in [9.17, 15) is 9.59 Å². The molecule has 0 saturated carbocycles. The van der Waals surface area contributed by atoms with Crippen LogP contribution in [-0.2, 0) is 11.2 Å². The van der Waals surface area contributed by atoms with Gasteiger partial charge in [-0.15, -0.1) is 11.3 Å². The van der Waals surface area contributed by atoms with Crippen molar-refractivity contribution in [3.8, 4) is 0 Å². The number of hydrogen-bond acceptors (Lipinski definition) is 4. The largest absolute Gasteiger partial charge is 0.326 e. The van der Waals surface area contributed by atoms with Crippen LogP contribution in [0.25, 0.3) is 0 Å². The van der Waals surface area contributed by atoms with Gasteiger partial charge in [-0.3, -0.25) is 9.59 Å². The van der Waals surface area contributed by atoms with Gasteiger partial charge in [0.1, 0.15) is 5.82 Å². The van der Waals surface area contributed by atoms with Gasteiger partial charge in [0, 0.05) is 28.7 Å². The lowest BCUT2D eigenvalue weighted by Crippen LogP contribution is -2.15. The van der Waals surface area contributed by atoms with Gasteiger partial charge in [-0.1, -0.05) is 18.2 Å². The van der Waals surface area contributed by atoms with Crippen LogP contribution in [0, 0.1) is 6.92 Å². The lowest BCUT2D eigenvalue weighted by Gasteiger charge is -2.08. The molecule has 0 aliphatic rings. The van der Waals surface area contributed by atoms with E-state index in [1.165, 1.54) is 4.88 Å². The molecule has 0 aliphatic heterocycles. The highest BCUT2D eigenvalue weighted by molar-refractivity contribution is 7.09. The third kappa shape index (κ3) is 5.76. The number of aromatic nitrogens is 1. The molecule has 0 atom stereocenters. The van der Waals surface area contributed by atoms with Crippen LogP contribution < -0.4 is 10.6 Å². The minimum atomic E-state index is -0.264. The van der Waals surface area contributed by atoms with Crippen molar-refractivity contribution in [2.24, 2.45) is 0 Å². The molecule has 2 N–H and O–H groups in total. The van der Waals surface area contributed by atoms with Gasteiger partial charge in [0.2, 0.25) is 5.91 Å². The van der Waals surface area contributed by atoms with Gasteiger partial charge in [0.05, 0.1) is 0 Å². The van der Waals surface area contributed by atoms with Crippen LogP contribution in [0.1, 0.15) is 33.6 Å². The van der Waals surface area contributed by atoms with Crippen molar-refractivity contribution in [1.29, 1.82) is 0 Å². The van der Waals surface area contributed by atoms with Crippen LogP contribution in [0.5, 0.6) is 0 Å². The van der Waals surface area contributed by atoms with Crippen LogP contribution in [0.15, 0.2) is 60.1 Å². The topological polar surface area (TPSA) is 71.1 Å². The molecule has 2 amide bonds. The summed E-state index contributed by atoms with van der Waals surface area (Å²) in [6.45, 7) is 1.94. The smallest absolute Gasteiger partial charge is 0.256 e. The summed E-state index contributed by atoms with van der Waals surface area (Å²) in [5.74, 6) is 0.179. The molecule has 3 aromatic rings. The molecule has 1 aromatic carbocycles. The quantitative estimate of drug-likeness (QED) is 0.627. The number of carbonyl (C=O) groups is 2. The number of benzene rings is 1. The van der Waals surface area contributed by atoms with E-state index in [1.54, 1.807) is 47.9 Å². The monoisotopic (exact) mass is 379 g/mol. The molecule has 0 saturated heterocycles. The maximum Gasteiger partial charge on any atom is 0.256 e. The van der Waals surface area contributed by atoms with E-state index in [0.29, 0.717) is 23.5 Å². The molecule has 0 bridgehead atoms. The van der Waals surface area contributed by atoms with Crippen LogP contribution in [0.3, 0.4) is 0 Å². The normalized spacial score (nSPS) is 10.4. The summed E-state index contributed by atoms with van der Waals surface area (Å²) in [4.78, 5) is 30.0. The molecule has 2 aromatic heterocycles. The van der Waals surface area contributed by atoms with Crippen molar-refractivity contribution in [2.45, 2.75) is 26.2 Å². The highest BCUT2D eigenvalue weighted by atomic mass is 32.1. The van der Waals surface area contributed by atoms with E-state index in [1.807, 2.05) is 24.4 Å². The van der Waals surface area contributed by atoms with Crippen LogP contribution in [-0.4, -0.2) is 16.8 Å². The van der Waals surface area contributed by atoms with Crippen LogP contribution in [0.2, 0.25) is 0 Å². The number of nitrogens with one attached hydrogen (secondary N) is 2. The Morgan fingerprint density at radius 1 is 1.07 bits per heavy atom. The second-order valence-electron chi connectivity index (χ2n) is 6.24. The van der Waals surface area contributed by atoms with Crippen molar-refractivity contribution < 1.29 is 9.59 Å². The number of pyridine rings is 1. The van der Waals surface area contributed by atoms with Gasteiger partial charge in [-0.25, -0.2) is 4.98 Å². The lowest BCUT2D eigenvalue weighted by molar-refractivity contribution is -0.116. The number of rotatable bonds is 7. The number of hydrogen-bond donors (Lipinski definition) is 2. The van der Waals surface area contributed by atoms with Crippen molar-refractivity contribution in [2.75, 3.05) is 10.6 Å². The summed E-state index contributed by atoms with van der Waals surface area (Å²) < 4.78 is 0. The van der Waals surface area contributed by atoms with Gasteiger partial charge in [-0.2, -0.15) is 0 Å². The predicted octanol–water partition coefficient (Wildman–Crippen LogP) is 4.67. The van der Waals surface area contributed by atoms with Gasteiger partial charge in [-0.05, 0) is 61.0 Å². The third-order valence-electron chi connectivity index (χ3n) is 3.97. The number of thiophene rings is 1. The lowest BCUT2D eigenvalue weighted by atomic mass is 10.1. The summed E-state index contributed by atoms with van der Waals surface area (Å²) in [6, 6.07) is 14.6. The Balaban J connectivity index is 1.53. The first-order chi connectivity index (χ1) is 13.1. The fraction of sp³-hybridized carbons (Fsp3) is 0.190. The zero-order valence-corrected chi connectivity index (χ0v) is 15.9. The van der Waals surface area contributed by atoms with Crippen molar-refractivity contribution in [1.82, 2.24) is 4.98 Å². The number of carbonyl (C=O) groups excluding carboxylic acids is 2. The fourth-order valence-electron chi connectivity index (χ4n) is 2.57. The fourth-order valence-corrected chi connectivity index (χ4v) is 3.32. The van der Waals surface area contributed by atoms with E-state index < -0.39 is 0 Å². The minimum absolute atomic E-state index is 0.0516. The number of amides is 2. The molecule has 3 rings (SSSR count). The van der Waals surface area contributed by atoms with Crippen molar-refractivity contribution in [3.63, 3.8) is 0 Å². The predicted molar refractivity (Wildman–Crippen MR) is 109 cm³/mol. The zero-order valence-electron chi connectivity index (χ0n) is 15.1. The Kier molecular flexibility index (Phi) is 6.33. The Hall–Kier alpha value is -2.99. The van der Waals surface area contributed by atoms with Gasteiger partial charge in [0.15, 0.2) is 0 Å². The zero-order chi connectivity index (χ0) is 19.1. The van der Waals surface area contributed by atoms with Crippen LogP contribution >= 0.6 is 11.3 Å². The Bertz CT molecular complexity index is 905. The third-order valence-corrected chi connectivity index (χ3v) is 4.90. The molecule has 0 fully saturated rings. The van der Waals surface area contributed by atoms with E-state index >= 15 is 0 Å². The van der Waals surface area contributed by atoms with E-state index in [0.717, 1.165) is 18.4 Å². The Morgan fingerprint density at radius 2 is 1.96 bits per heavy atom. The number of anilines is 2. The summed E-state index contributed by atoms with van der Waals surface area (Å²) in [5, 5.41) is 7.65. The number of aryl methyl sites for hydroxylation is 2. The number of nitrogens with zero attached hydrogens (tertiary/aromatic N) is 1. The van der Waals surface area contributed by atoms with Gasteiger partial charge in [0.25, 0.3) is 5.91 Å². The molecule has 5 nitrogen and oxygen atoms in total. The molecular formula is C21H21N3O2S. The maximum atomic E-state index is 12.4. The molecule has 0 radical (unpaired) electrons. The molecular weight excluding hydrogens is 358 g/mol. The second kappa shape index (κ2) is 9.09. The molecule has 27 heavy (non-hydrogen) atoms. The maximum absolute atomic E-state index is 12.4. The summed E-state index contributed by atoms with van der Waals surface area (Å²) in [5.41, 5.74) is 2.10. The highest BCUT2D eigenvalue weighted by Gasteiger charge is 2.09. The Morgan fingerprint density at radius 3 is 2.70 bits per heavy atom. The Labute approximate surface area is 162 Å². The summed E-state index contributed by atoms with van der Waals surface area (Å²) in [6.07, 6.45) is 3.84. The first-order valence-corrected chi connectivity index (χ1v) is 9.64. The van der Waals surface area contributed by atoms with Crippen molar-refractivity contribution in [3.05, 3.63) is 76.1 Å². The van der Waals surface area contributed by atoms with Crippen LogP contribution in [0.4, 0.5) is 11.5 Å². The molecule has 0 unspecified atom stereocenters. The molecule has 138 valence electrons. The van der Waals surface area contributed by atoms with E-state index in [-0.39, 0.29) is 11.8 Å². The molecule has 0 spiro atoms. The molecule has 2 heterocycles. The SMILES string of the molecule is Cc1ccc(NC(=O)c2cccc(NC(=O)CCCc3cccs3)c2)nc1. The summed E-state index contributed by atoms with van der Waals surface area (Å²) in [7, 11) is 0. The first-order valence-electron chi connectivity index (χ1n) is 8.76. The average molecular weight is 379 g/mol. The van der Waals surface area contributed by atoms with Crippen molar-refractivity contribution >= 4 is 34.7 Å². The standard InChI is InChI=1S/C21H21N3O2S/c1-15-10-11-19(22-14-15)24-21(26)16-5-2-6-17(13-16)23-20(25)9-3-7-18-8-4-12-27-18/h2,4-6,8,10-14H,3,7,9H2,1H3,(H,23,25)(H,22,24,26). The summed E-state index contributed by atoms with van der Waals surface area (Å²) >= 11 is 1.70. The van der Waals surface area contributed by atoms with E-state index in [2.05, 4.69) is 21.7 Å². The van der Waals surface area contributed by atoms with Gasteiger partial charge < -0.3 is 10.6 Å². The average Bonchev–Trinajstić information content (AvgIpc) is 3.17.